The SMILES string of the molecule is C#CCCC[C@H](O)[C@H](O)[C@H](CC1CCCCC1)NC(=O)[C@H](CCC#C)NC(=O)[C@@H](CC(=O)N(C)CCN(C)CC(F)(F)F)Cc1ccccc1. The van der Waals surface area contributed by atoms with Crippen molar-refractivity contribution in [2.45, 2.75) is 114 Å². The Morgan fingerprint density at radius 3 is 2.22 bits per heavy atom. The fourth-order valence-corrected chi connectivity index (χ4v) is 6.34. The first-order valence-corrected chi connectivity index (χ1v) is 17.6. The lowest BCUT2D eigenvalue weighted by atomic mass is 9.82. The van der Waals surface area contributed by atoms with Crippen LogP contribution in [0, 0.1) is 36.5 Å². The summed E-state index contributed by atoms with van der Waals surface area (Å²) >= 11 is 0. The Hall–Kier alpha value is -3.58. The van der Waals surface area contributed by atoms with Crippen LogP contribution < -0.4 is 10.6 Å². The molecule has 1 aliphatic rings. The molecule has 1 aliphatic carbocycles. The van der Waals surface area contributed by atoms with Crippen molar-refractivity contribution in [2.75, 3.05) is 33.7 Å². The molecule has 4 N–H and O–H groups in total. The minimum atomic E-state index is -4.37. The van der Waals surface area contributed by atoms with E-state index < -0.39 is 60.7 Å². The largest absolute Gasteiger partial charge is 0.401 e. The predicted molar refractivity (Wildman–Crippen MR) is 187 cm³/mol. The van der Waals surface area contributed by atoms with Gasteiger partial charge in [0.2, 0.25) is 17.7 Å². The molecule has 9 nitrogen and oxygen atoms in total. The number of benzene rings is 1. The number of aliphatic hydroxyl groups excluding tert-OH is 2. The second kappa shape index (κ2) is 22.3. The molecule has 0 unspecified atom stereocenters. The second-order valence-electron chi connectivity index (χ2n) is 13.6. The zero-order valence-corrected chi connectivity index (χ0v) is 29.5. The summed E-state index contributed by atoms with van der Waals surface area (Å²) in [5.41, 5.74) is 0.784. The predicted octanol–water partition coefficient (Wildman–Crippen LogP) is 4.07. The van der Waals surface area contributed by atoms with Gasteiger partial charge in [-0.2, -0.15) is 13.2 Å². The van der Waals surface area contributed by atoms with Crippen molar-refractivity contribution < 1.29 is 37.8 Å². The average Bonchev–Trinajstić information content (AvgIpc) is 3.08. The Morgan fingerprint density at radius 1 is 0.940 bits per heavy atom. The summed E-state index contributed by atoms with van der Waals surface area (Å²) in [5.74, 6) is 2.83. The molecule has 0 spiro atoms. The smallest absolute Gasteiger partial charge is 0.390 e. The third kappa shape index (κ3) is 16.4. The first-order chi connectivity index (χ1) is 23.7. The highest BCUT2D eigenvalue weighted by molar-refractivity contribution is 5.91. The summed E-state index contributed by atoms with van der Waals surface area (Å²) < 4.78 is 38.3. The van der Waals surface area contributed by atoms with E-state index in [4.69, 9.17) is 12.8 Å². The highest BCUT2D eigenvalue weighted by Crippen LogP contribution is 2.29. The van der Waals surface area contributed by atoms with E-state index in [2.05, 4.69) is 22.5 Å². The monoisotopic (exact) mass is 704 g/mol. The van der Waals surface area contributed by atoms with Crippen LogP contribution in [-0.2, 0) is 20.8 Å². The molecular formula is C38H55F3N4O5. The fourth-order valence-electron chi connectivity index (χ4n) is 6.34. The Kier molecular flexibility index (Phi) is 19.0. The van der Waals surface area contributed by atoms with E-state index in [0.717, 1.165) is 42.6 Å². The second-order valence-corrected chi connectivity index (χ2v) is 13.6. The van der Waals surface area contributed by atoms with Gasteiger partial charge in [-0.1, -0.05) is 62.4 Å². The van der Waals surface area contributed by atoms with E-state index >= 15 is 0 Å². The molecule has 5 atom stereocenters. The number of unbranched alkanes of at least 4 members (excludes halogenated alkanes) is 1. The van der Waals surface area contributed by atoms with E-state index in [0.29, 0.717) is 19.3 Å². The van der Waals surface area contributed by atoms with Crippen LogP contribution in [-0.4, -0.2) is 102 Å². The standard InChI is InChI=1S/C38H55F3N4O5/c1-5-7-11-21-33(46)35(48)32(25-29-18-14-10-15-19-29)43-37(50)31(20-8-6-2)42-36(49)30(24-28-16-12-9-13-17-28)26-34(47)45(4)23-22-44(3)27-38(39,40)41/h1-2,9,12-13,16-17,29-33,35,46,48H,7-8,10-11,14-15,18-27H2,3-4H3,(H,42,49)(H,43,50)/t30-,31+,32+,33+,35-/m1/s1. The van der Waals surface area contributed by atoms with Crippen molar-refractivity contribution in [3.05, 3.63) is 35.9 Å². The Balaban J connectivity index is 2.22. The van der Waals surface area contributed by atoms with Crippen molar-refractivity contribution in [2.24, 2.45) is 11.8 Å². The molecule has 50 heavy (non-hydrogen) atoms. The lowest BCUT2D eigenvalue weighted by molar-refractivity contribution is -0.144. The van der Waals surface area contributed by atoms with Crippen molar-refractivity contribution in [1.82, 2.24) is 20.4 Å². The maximum absolute atomic E-state index is 13.8. The third-order valence-electron chi connectivity index (χ3n) is 9.29. The number of aliphatic hydroxyl groups is 2. The van der Waals surface area contributed by atoms with Crippen molar-refractivity contribution in [3.63, 3.8) is 0 Å². The molecule has 278 valence electrons. The Morgan fingerprint density at radius 2 is 1.60 bits per heavy atom. The molecule has 0 aromatic heterocycles. The van der Waals surface area contributed by atoms with E-state index in [1.165, 1.54) is 19.0 Å². The number of terminal acetylenes is 2. The quantitative estimate of drug-likeness (QED) is 0.113. The fraction of sp³-hybridized carbons (Fsp3) is 0.658. The van der Waals surface area contributed by atoms with Gasteiger partial charge < -0.3 is 25.7 Å². The molecule has 0 heterocycles. The van der Waals surface area contributed by atoms with Crippen molar-refractivity contribution >= 4 is 17.7 Å². The Labute approximate surface area is 295 Å². The summed E-state index contributed by atoms with van der Waals surface area (Å²) in [6.45, 7) is -1.10. The molecule has 0 aliphatic heterocycles. The van der Waals surface area contributed by atoms with Gasteiger partial charge in [0.25, 0.3) is 0 Å². The molecular weight excluding hydrogens is 649 g/mol. The molecule has 1 saturated carbocycles. The number of amides is 3. The van der Waals surface area contributed by atoms with Gasteiger partial charge in [0.05, 0.1) is 30.7 Å². The first-order valence-electron chi connectivity index (χ1n) is 17.6. The number of nitrogens with zero attached hydrogens (tertiary/aromatic N) is 2. The number of rotatable bonds is 21. The third-order valence-corrected chi connectivity index (χ3v) is 9.29. The number of hydrogen-bond acceptors (Lipinski definition) is 6. The van der Waals surface area contributed by atoms with Gasteiger partial charge in [-0.25, -0.2) is 0 Å². The van der Waals surface area contributed by atoms with Gasteiger partial charge in [0.1, 0.15) is 6.04 Å². The number of hydrogen-bond donors (Lipinski definition) is 4. The summed E-state index contributed by atoms with van der Waals surface area (Å²) in [7, 11) is 2.79. The number of carbonyl (C=O) groups excluding carboxylic acids is 3. The summed E-state index contributed by atoms with van der Waals surface area (Å²) in [6.07, 6.45) is 11.2. The van der Waals surface area contributed by atoms with E-state index in [1.54, 1.807) is 12.1 Å². The van der Waals surface area contributed by atoms with Crippen LogP contribution in [0.2, 0.25) is 0 Å². The summed E-state index contributed by atoms with van der Waals surface area (Å²) in [4.78, 5) is 43.3. The maximum atomic E-state index is 13.8. The van der Waals surface area contributed by atoms with Crippen LogP contribution in [0.25, 0.3) is 0 Å². The van der Waals surface area contributed by atoms with Gasteiger partial charge in [-0.3, -0.25) is 19.3 Å². The van der Waals surface area contributed by atoms with Gasteiger partial charge in [-0.15, -0.1) is 24.7 Å². The molecule has 3 amide bonds. The van der Waals surface area contributed by atoms with Gasteiger partial charge >= 0.3 is 6.18 Å². The number of carbonyl (C=O) groups is 3. The summed E-state index contributed by atoms with van der Waals surface area (Å²) in [6, 6.07) is 7.19. The van der Waals surface area contributed by atoms with Crippen LogP contribution in [0.1, 0.15) is 82.6 Å². The van der Waals surface area contributed by atoms with E-state index in [9.17, 15) is 37.8 Å². The van der Waals surface area contributed by atoms with Crippen LogP contribution in [0.4, 0.5) is 13.2 Å². The topological polar surface area (TPSA) is 122 Å². The lowest BCUT2D eigenvalue weighted by Gasteiger charge is -2.33. The zero-order valence-electron chi connectivity index (χ0n) is 29.5. The van der Waals surface area contributed by atoms with Gasteiger partial charge in [-0.05, 0) is 50.6 Å². The summed E-state index contributed by atoms with van der Waals surface area (Å²) in [5, 5.41) is 27.7. The van der Waals surface area contributed by atoms with Gasteiger partial charge in [0, 0.05) is 39.4 Å². The molecule has 0 radical (unpaired) electrons. The Bertz CT molecular complexity index is 1260. The molecule has 1 fully saturated rings. The highest BCUT2D eigenvalue weighted by Gasteiger charge is 2.34. The minimum absolute atomic E-state index is 0.0158. The number of likely N-dealkylation sites (N-methyl/N-ethyl adjacent to an activating group) is 2. The first kappa shape index (κ1) is 42.6. The molecule has 1 aromatic rings. The molecule has 2 rings (SSSR count). The molecule has 1 aromatic carbocycles. The molecule has 0 bridgehead atoms. The number of alkyl halides is 3. The van der Waals surface area contributed by atoms with Crippen LogP contribution >= 0.6 is 0 Å². The molecule has 12 heteroatoms. The van der Waals surface area contributed by atoms with Crippen molar-refractivity contribution in [1.29, 1.82) is 0 Å². The van der Waals surface area contributed by atoms with Crippen LogP contribution in [0.3, 0.4) is 0 Å². The van der Waals surface area contributed by atoms with Gasteiger partial charge in [0.15, 0.2) is 0 Å². The lowest BCUT2D eigenvalue weighted by Crippen LogP contribution is -2.56. The highest BCUT2D eigenvalue weighted by atomic mass is 19.4. The average molecular weight is 705 g/mol. The van der Waals surface area contributed by atoms with Crippen LogP contribution in [0.5, 0.6) is 0 Å². The van der Waals surface area contributed by atoms with E-state index in [-0.39, 0.29) is 51.1 Å². The number of nitrogens with one attached hydrogen (secondary N) is 2. The van der Waals surface area contributed by atoms with Crippen molar-refractivity contribution in [3.8, 4) is 24.7 Å². The number of halogens is 3. The minimum Gasteiger partial charge on any atom is -0.390 e. The molecule has 0 saturated heterocycles. The maximum Gasteiger partial charge on any atom is 0.401 e. The van der Waals surface area contributed by atoms with E-state index in [1.807, 2.05) is 18.2 Å². The van der Waals surface area contributed by atoms with Crippen LogP contribution in [0.15, 0.2) is 30.3 Å². The zero-order chi connectivity index (χ0) is 37.1. The normalized spacial score (nSPS) is 16.7.